The van der Waals surface area contributed by atoms with Gasteiger partial charge in [-0.2, -0.15) is 0 Å². The molecule has 0 unspecified atom stereocenters. The number of carbonyl (C=O) groups is 1. The van der Waals surface area contributed by atoms with Crippen LogP contribution in [0.4, 0.5) is 5.13 Å². The van der Waals surface area contributed by atoms with Crippen molar-refractivity contribution in [1.82, 2.24) is 4.98 Å². The van der Waals surface area contributed by atoms with E-state index in [0.717, 1.165) is 34.3 Å². The van der Waals surface area contributed by atoms with E-state index in [2.05, 4.69) is 33.2 Å². The van der Waals surface area contributed by atoms with Gasteiger partial charge in [0.2, 0.25) is 0 Å². The van der Waals surface area contributed by atoms with Gasteiger partial charge < -0.3 is 9.47 Å². The molecule has 0 spiro atoms. The average Bonchev–Trinajstić information content (AvgIpc) is 3.16. The fourth-order valence-electron chi connectivity index (χ4n) is 2.84. The number of nitrogens with one attached hydrogen (secondary N) is 1. The summed E-state index contributed by atoms with van der Waals surface area (Å²) in [6.07, 6.45) is 2.23. The van der Waals surface area contributed by atoms with E-state index in [1.54, 1.807) is 0 Å². The summed E-state index contributed by atoms with van der Waals surface area (Å²) in [5, 5.41) is 5.25. The molecule has 0 saturated heterocycles. The first-order valence-electron chi connectivity index (χ1n) is 9.88. The Balaban J connectivity index is 1.55. The molecular weight excluding hydrogens is 464 g/mol. The van der Waals surface area contributed by atoms with E-state index >= 15 is 0 Å². The van der Waals surface area contributed by atoms with Gasteiger partial charge >= 0.3 is 0 Å². The largest absolute Gasteiger partial charge is 0.491 e. The lowest BCUT2D eigenvalue weighted by Gasteiger charge is -2.09. The first-order valence-corrected chi connectivity index (χ1v) is 11.6. The zero-order valence-electron chi connectivity index (χ0n) is 17.3. The number of carbonyl (C=O) groups excluding carboxylic acids is 1. The molecule has 1 amide bonds. The standard InChI is InChI=1S/C23H25BrN2O3S/c1-4-5-16-6-11-21(19(24)12-16)28-13-22(27)26-23-25-20(14-30-23)17-7-9-18(10-8-17)29-15(2)3/h6-12,14-15H,4-5,13H2,1-3H3,(H,25,26,27). The molecule has 1 heterocycles. The zero-order valence-corrected chi connectivity index (χ0v) is 19.7. The molecule has 1 N–H and O–H groups in total. The van der Waals surface area contributed by atoms with E-state index in [9.17, 15) is 4.79 Å². The van der Waals surface area contributed by atoms with Crippen molar-refractivity contribution in [1.29, 1.82) is 0 Å². The number of aryl methyl sites for hydroxylation is 1. The highest BCUT2D eigenvalue weighted by Gasteiger charge is 2.11. The van der Waals surface area contributed by atoms with Crippen molar-refractivity contribution in [2.45, 2.75) is 39.7 Å². The molecule has 0 aliphatic rings. The van der Waals surface area contributed by atoms with Gasteiger partial charge in [0.15, 0.2) is 11.7 Å². The molecule has 0 atom stereocenters. The van der Waals surface area contributed by atoms with Crippen molar-refractivity contribution in [2.24, 2.45) is 0 Å². The normalized spacial score (nSPS) is 10.8. The summed E-state index contributed by atoms with van der Waals surface area (Å²) >= 11 is 4.89. The quantitative estimate of drug-likeness (QED) is 0.382. The molecule has 30 heavy (non-hydrogen) atoms. The number of thiazole rings is 1. The number of hydrogen-bond donors (Lipinski definition) is 1. The van der Waals surface area contributed by atoms with Crippen molar-refractivity contribution in [3.05, 3.63) is 57.9 Å². The average molecular weight is 489 g/mol. The summed E-state index contributed by atoms with van der Waals surface area (Å²) < 4.78 is 12.2. The molecule has 5 nitrogen and oxygen atoms in total. The lowest BCUT2D eigenvalue weighted by Crippen LogP contribution is -2.20. The van der Waals surface area contributed by atoms with Crippen molar-refractivity contribution in [3.8, 4) is 22.8 Å². The highest BCUT2D eigenvalue weighted by atomic mass is 79.9. The van der Waals surface area contributed by atoms with Crippen molar-refractivity contribution in [2.75, 3.05) is 11.9 Å². The van der Waals surface area contributed by atoms with E-state index in [1.807, 2.05) is 61.7 Å². The number of nitrogens with zero attached hydrogens (tertiary/aromatic N) is 1. The molecule has 3 rings (SSSR count). The Morgan fingerprint density at radius 1 is 1.20 bits per heavy atom. The van der Waals surface area contributed by atoms with Crippen LogP contribution < -0.4 is 14.8 Å². The second-order valence-corrected chi connectivity index (χ2v) is 8.79. The number of aromatic nitrogens is 1. The van der Waals surface area contributed by atoms with Crippen LogP contribution in [0, 0.1) is 0 Å². The maximum atomic E-state index is 12.3. The third kappa shape index (κ3) is 6.31. The lowest BCUT2D eigenvalue weighted by atomic mass is 10.1. The monoisotopic (exact) mass is 488 g/mol. The number of rotatable bonds is 9. The van der Waals surface area contributed by atoms with E-state index < -0.39 is 0 Å². The summed E-state index contributed by atoms with van der Waals surface area (Å²) in [7, 11) is 0. The zero-order chi connectivity index (χ0) is 21.5. The predicted octanol–water partition coefficient (Wildman–Crippen LogP) is 6.33. The maximum absolute atomic E-state index is 12.3. The van der Waals surface area contributed by atoms with E-state index in [-0.39, 0.29) is 18.6 Å². The number of hydrogen-bond acceptors (Lipinski definition) is 5. The molecule has 3 aromatic rings. The maximum Gasteiger partial charge on any atom is 0.264 e. The van der Waals surface area contributed by atoms with Crippen LogP contribution in [0.25, 0.3) is 11.3 Å². The Bertz CT molecular complexity index is 986. The summed E-state index contributed by atoms with van der Waals surface area (Å²) in [5.41, 5.74) is 3.01. The van der Waals surface area contributed by atoms with Gasteiger partial charge in [-0.05, 0) is 78.2 Å². The summed E-state index contributed by atoms with van der Waals surface area (Å²) in [6.45, 7) is 6.05. The summed E-state index contributed by atoms with van der Waals surface area (Å²) in [4.78, 5) is 16.8. The van der Waals surface area contributed by atoms with Crippen LogP contribution in [0.1, 0.15) is 32.8 Å². The molecule has 7 heteroatoms. The number of halogens is 1. The van der Waals surface area contributed by atoms with Crippen LogP contribution in [0.2, 0.25) is 0 Å². The van der Waals surface area contributed by atoms with E-state index in [0.29, 0.717) is 10.9 Å². The molecule has 0 saturated carbocycles. The molecule has 158 valence electrons. The minimum Gasteiger partial charge on any atom is -0.491 e. The first-order chi connectivity index (χ1) is 14.4. The first kappa shape index (κ1) is 22.3. The second-order valence-electron chi connectivity index (χ2n) is 7.08. The Morgan fingerprint density at radius 2 is 1.97 bits per heavy atom. The molecule has 2 aromatic carbocycles. The topological polar surface area (TPSA) is 60.5 Å². The Labute approximate surface area is 189 Å². The Kier molecular flexibility index (Phi) is 7.87. The molecule has 0 bridgehead atoms. The van der Waals surface area contributed by atoms with Gasteiger partial charge in [-0.25, -0.2) is 4.98 Å². The molecule has 0 aliphatic heterocycles. The summed E-state index contributed by atoms with van der Waals surface area (Å²) in [6, 6.07) is 13.7. The molecule has 1 aromatic heterocycles. The van der Waals surface area contributed by atoms with Gasteiger partial charge in [-0.1, -0.05) is 19.4 Å². The molecular formula is C23H25BrN2O3S. The fraction of sp³-hybridized carbons (Fsp3) is 0.304. The van der Waals surface area contributed by atoms with Crippen LogP contribution in [0.3, 0.4) is 0 Å². The third-order valence-electron chi connectivity index (χ3n) is 4.17. The van der Waals surface area contributed by atoms with Crippen LogP contribution in [-0.2, 0) is 11.2 Å². The van der Waals surface area contributed by atoms with E-state index in [1.165, 1.54) is 16.9 Å². The van der Waals surface area contributed by atoms with Crippen LogP contribution in [-0.4, -0.2) is 23.6 Å². The highest BCUT2D eigenvalue weighted by Crippen LogP contribution is 2.28. The summed E-state index contributed by atoms with van der Waals surface area (Å²) in [5.74, 6) is 1.22. The van der Waals surface area contributed by atoms with Gasteiger partial charge in [0.05, 0.1) is 16.3 Å². The van der Waals surface area contributed by atoms with Gasteiger partial charge in [0.25, 0.3) is 5.91 Å². The second kappa shape index (κ2) is 10.6. The molecule has 0 radical (unpaired) electrons. The highest BCUT2D eigenvalue weighted by molar-refractivity contribution is 9.10. The van der Waals surface area contributed by atoms with Gasteiger partial charge in [0, 0.05) is 10.9 Å². The van der Waals surface area contributed by atoms with Gasteiger partial charge in [-0.15, -0.1) is 11.3 Å². The Morgan fingerprint density at radius 3 is 2.63 bits per heavy atom. The lowest BCUT2D eigenvalue weighted by molar-refractivity contribution is -0.118. The number of benzene rings is 2. The Hall–Kier alpha value is -2.38. The van der Waals surface area contributed by atoms with Crippen molar-refractivity contribution in [3.63, 3.8) is 0 Å². The van der Waals surface area contributed by atoms with Crippen LogP contribution >= 0.6 is 27.3 Å². The minimum absolute atomic E-state index is 0.0815. The smallest absolute Gasteiger partial charge is 0.264 e. The van der Waals surface area contributed by atoms with Crippen LogP contribution in [0.5, 0.6) is 11.5 Å². The molecule has 0 aliphatic carbocycles. The van der Waals surface area contributed by atoms with Gasteiger partial charge in [-0.3, -0.25) is 10.1 Å². The minimum atomic E-state index is -0.249. The third-order valence-corrected chi connectivity index (χ3v) is 5.54. The van der Waals surface area contributed by atoms with Gasteiger partial charge in [0.1, 0.15) is 11.5 Å². The number of ether oxygens (including phenoxy) is 2. The fourth-order valence-corrected chi connectivity index (χ4v) is 4.12. The van der Waals surface area contributed by atoms with Crippen molar-refractivity contribution >= 4 is 38.3 Å². The molecule has 0 fully saturated rings. The van der Waals surface area contributed by atoms with Crippen LogP contribution in [0.15, 0.2) is 52.3 Å². The SMILES string of the molecule is CCCc1ccc(OCC(=O)Nc2nc(-c3ccc(OC(C)C)cc3)cs2)c(Br)c1. The number of anilines is 1. The van der Waals surface area contributed by atoms with E-state index in [4.69, 9.17) is 9.47 Å². The van der Waals surface area contributed by atoms with Crippen molar-refractivity contribution < 1.29 is 14.3 Å². The predicted molar refractivity (Wildman–Crippen MR) is 126 cm³/mol. The number of amides is 1.